The van der Waals surface area contributed by atoms with Gasteiger partial charge in [-0.25, -0.2) is 0 Å². The fraction of sp³-hybridized carbons (Fsp3) is 0.385. The van der Waals surface area contributed by atoms with Crippen LogP contribution in [-0.2, 0) is 4.79 Å². The van der Waals surface area contributed by atoms with E-state index in [0.717, 1.165) is 12.7 Å². The molecule has 0 spiro atoms. The average molecular weight is 220 g/mol. The smallest absolute Gasteiger partial charge is 0.159 e. The SMILES string of the molecule is CC[C@@H](CC=O)Oc1cccc(C(C)=O)c1. The molecule has 0 bridgehead atoms. The normalized spacial score (nSPS) is 11.9. The van der Waals surface area contributed by atoms with Crippen molar-refractivity contribution < 1.29 is 14.3 Å². The Balaban J connectivity index is 2.75. The monoisotopic (exact) mass is 220 g/mol. The molecule has 1 aromatic carbocycles. The van der Waals surface area contributed by atoms with Crippen molar-refractivity contribution in [1.29, 1.82) is 0 Å². The van der Waals surface area contributed by atoms with E-state index in [1.54, 1.807) is 24.3 Å². The quantitative estimate of drug-likeness (QED) is 0.546. The first kappa shape index (κ1) is 12.4. The molecule has 0 aliphatic carbocycles. The molecule has 0 aromatic heterocycles. The largest absolute Gasteiger partial charge is 0.490 e. The minimum absolute atomic E-state index is 0.00823. The second-order valence-corrected chi connectivity index (χ2v) is 3.63. The number of aldehydes is 1. The first-order valence-electron chi connectivity index (χ1n) is 5.38. The molecular weight excluding hydrogens is 204 g/mol. The van der Waals surface area contributed by atoms with Gasteiger partial charge in [0.2, 0.25) is 0 Å². The molecular formula is C13H16O3. The van der Waals surface area contributed by atoms with Gasteiger partial charge in [0.05, 0.1) is 0 Å². The Morgan fingerprint density at radius 2 is 2.25 bits per heavy atom. The van der Waals surface area contributed by atoms with Crippen molar-refractivity contribution in [2.75, 3.05) is 0 Å². The Morgan fingerprint density at radius 3 is 2.81 bits per heavy atom. The lowest BCUT2D eigenvalue weighted by molar-refractivity contribution is -0.109. The van der Waals surface area contributed by atoms with Gasteiger partial charge in [-0.15, -0.1) is 0 Å². The van der Waals surface area contributed by atoms with Gasteiger partial charge in [0.1, 0.15) is 18.1 Å². The van der Waals surface area contributed by atoms with E-state index >= 15 is 0 Å². The van der Waals surface area contributed by atoms with Gasteiger partial charge >= 0.3 is 0 Å². The Morgan fingerprint density at radius 1 is 1.50 bits per heavy atom. The van der Waals surface area contributed by atoms with Crippen LogP contribution in [-0.4, -0.2) is 18.2 Å². The number of ketones is 1. The van der Waals surface area contributed by atoms with Gasteiger partial charge in [-0.3, -0.25) is 4.79 Å². The van der Waals surface area contributed by atoms with E-state index < -0.39 is 0 Å². The van der Waals surface area contributed by atoms with Gasteiger partial charge in [-0.2, -0.15) is 0 Å². The van der Waals surface area contributed by atoms with Gasteiger partial charge in [-0.05, 0) is 25.5 Å². The van der Waals surface area contributed by atoms with Gasteiger partial charge in [0.25, 0.3) is 0 Å². The molecule has 0 unspecified atom stereocenters. The van der Waals surface area contributed by atoms with Crippen molar-refractivity contribution in [3.05, 3.63) is 29.8 Å². The number of hydrogen-bond acceptors (Lipinski definition) is 3. The zero-order valence-corrected chi connectivity index (χ0v) is 9.60. The molecule has 86 valence electrons. The number of ether oxygens (including phenoxy) is 1. The molecule has 0 N–H and O–H groups in total. The molecule has 0 fully saturated rings. The van der Waals surface area contributed by atoms with E-state index in [4.69, 9.17) is 4.74 Å². The summed E-state index contributed by atoms with van der Waals surface area (Å²) in [5.74, 6) is 0.648. The van der Waals surface area contributed by atoms with E-state index in [-0.39, 0.29) is 11.9 Å². The van der Waals surface area contributed by atoms with Crippen molar-refractivity contribution in [2.24, 2.45) is 0 Å². The molecule has 0 amide bonds. The predicted molar refractivity (Wildman–Crippen MR) is 61.8 cm³/mol. The minimum atomic E-state index is -0.111. The van der Waals surface area contributed by atoms with Crippen molar-refractivity contribution >= 4 is 12.1 Å². The lowest BCUT2D eigenvalue weighted by Gasteiger charge is -2.15. The van der Waals surface area contributed by atoms with Crippen LogP contribution in [0.3, 0.4) is 0 Å². The summed E-state index contributed by atoms with van der Waals surface area (Å²) in [6, 6.07) is 7.02. The maximum atomic E-state index is 11.2. The van der Waals surface area contributed by atoms with Crippen molar-refractivity contribution in [3.63, 3.8) is 0 Å². The Bertz CT molecular complexity index is 371. The lowest BCUT2D eigenvalue weighted by atomic mass is 10.1. The summed E-state index contributed by atoms with van der Waals surface area (Å²) >= 11 is 0. The van der Waals surface area contributed by atoms with E-state index in [9.17, 15) is 9.59 Å². The zero-order chi connectivity index (χ0) is 12.0. The molecule has 0 saturated carbocycles. The Kier molecular flexibility index (Phi) is 4.70. The van der Waals surface area contributed by atoms with Gasteiger partial charge in [0, 0.05) is 12.0 Å². The lowest BCUT2D eigenvalue weighted by Crippen LogP contribution is -2.15. The standard InChI is InChI=1S/C13H16O3/c1-3-12(7-8-14)16-13-6-4-5-11(9-13)10(2)15/h4-6,8-9,12H,3,7H2,1-2H3/t12-/m0/s1. The minimum Gasteiger partial charge on any atom is -0.490 e. The van der Waals surface area contributed by atoms with Crippen LogP contribution < -0.4 is 4.74 Å². The summed E-state index contributed by atoms with van der Waals surface area (Å²) in [6.07, 6.45) is 1.88. The second-order valence-electron chi connectivity index (χ2n) is 3.63. The first-order valence-corrected chi connectivity index (χ1v) is 5.38. The number of rotatable bonds is 6. The maximum Gasteiger partial charge on any atom is 0.159 e. The molecule has 3 heteroatoms. The molecule has 1 rings (SSSR count). The molecule has 3 nitrogen and oxygen atoms in total. The van der Waals surface area contributed by atoms with Crippen molar-refractivity contribution in [1.82, 2.24) is 0 Å². The highest BCUT2D eigenvalue weighted by atomic mass is 16.5. The molecule has 1 aromatic rings. The summed E-state index contributed by atoms with van der Waals surface area (Å²) in [5, 5.41) is 0. The third-order valence-electron chi connectivity index (χ3n) is 2.36. The van der Waals surface area contributed by atoms with Crippen LogP contribution >= 0.6 is 0 Å². The number of hydrogen-bond donors (Lipinski definition) is 0. The van der Waals surface area contributed by atoms with Crippen molar-refractivity contribution in [3.8, 4) is 5.75 Å². The maximum absolute atomic E-state index is 11.2. The summed E-state index contributed by atoms with van der Waals surface area (Å²) in [6.45, 7) is 3.48. The third kappa shape index (κ3) is 3.50. The van der Waals surface area contributed by atoms with E-state index in [0.29, 0.717) is 17.7 Å². The zero-order valence-electron chi connectivity index (χ0n) is 9.60. The van der Waals surface area contributed by atoms with Crippen LogP contribution in [0.25, 0.3) is 0 Å². The first-order chi connectivity index (χ1) is 7.67. The Hall–Kier alpha value is -1.64. The van der Waals surface area contributed by atoms with Gasteiger partial charge in [-0.1, -0.05) is 19.1 Å². The number of benzene rings is 1. The fourth-order valence-corrected chi connectivity index (χ4v) is 1.39. The molecule has 0 aliphatic rings. The number of carbonyl (C=O) groups excluding carboxylic acids is 2. The summed E-state index contributed by atoms with van der Waals surface area (Å²) < 4.78 is 5.61. The summed E-state index contributed by atoms with van der Waals surface area (Å²) in [5.41, 5.74) is 0.624. The molecule has 1 atom stereocenters. The van der Waals surface area contributed by atoms with Gasteiger partial charge in [0.15, 0.2) is 5.78 Å². The molecule has 0 radical (unpaired) electrons. The fourth-order valence-electron chi connectivity index (χ4n) is 1.39. The molecule has 0 aliphatic heterocycles. The summed E-state index contributed by atoms with van der Waals surface area (Å²) in [4.78, 5) is 21.6. The molecule has 0 heterocycles. The molecule has 0 saturated heterocycles. The highest BCUT2D eigenvalue weighted by Crippen LogP contribution is 2.17. The van der Waals surface area contributed by atoms with Crippen molar-refractivity contribution in [2.45, 2.75) is 32.8 Å². The van der Waals surface area contributed by atoms with Crippen LogP contribution in [0.5, 0.6) is 5.75 Å². The van der Waals surface area contributed by atoms with E-state index in [1.165, 1.54) is 6.92 Å². The van der Waals surface area contributed by atoms with Gasteiger partial charge < -0.3 is 9.53 Å². The number of Topliss-reactive ketones (excluding diaryl/α,β-unsaturated/α-hetero) is 1. The second kappa shape index (κ2) is 6.05. The van der Waals surface area contributed by atoms with Crippen LogP contribution in [0.4, 0.5) is 0 Å². The van der Waals surface area contributed by atoms with Crippen LogP contribution in [0, 0.1) is 0 Å². The highest BCUT2D eigenvalue weighted by molar-refractivity contribution is 5.94. The summed E-state index contributed by atoms with van der Waals surface area (Å²) in [7, 11) is 0. The van der Waals surface area contributed by atoms with E-state index in [1.807, 2.05) is 6.92 Å². The van der Waals surface area contributed by atoms with Crippen LogP contribution in [0.15, 0.2) is 24.3 Å². The highest BCUT2D eigenvalue weighted by Gasteiger charge is 2.08. The van der Waals surface area contributed by atoms with Crippen LogP contribution in [0.1, 0.15) is 37.0 Å². The Labute approximate surface area is 95.4 Å². The van der Waals surface area contributed by atoms with E-state index in [2.05, 4.69) is 0 Å². The predicted octanol–water partition coefficient (Wildman–Crippen LogP) is 2.64. The third-order valence-corrected chi connectivity index (χ3v) is 2.36. The molecule has 16 heavy (non-hydrogen) atoms. The topological polar surface area (TPSA) is 43.4 Å². The number of carbonyl (C=O) groups is 2. The average Bonchev–Trinajstić information content (AvgIpc) is 2.29. The van der Waals surface area contributed by atoms with Crippen LogP contribution in [0.2, 0.25) is 0 Å².